The van der Waals surface area contributed by atoms with Gasteiger partial charge in [0.05, 0.1) is 30.1 Å². The quantitative estimate of drug-likeness (QED) is 0.768. The van der Waals surface area contributed by atoms with Crippen molar-refractivity contribution in [1.29, 1.82) is 0 Å². The predicted octanol–water partition coefficient (Wildman–Crippen LogP) is 1.54. The van der Waals surface area contributed by atoms with Crippen molar-refractivity contribution in [1.82, 2.24) is 29.7 Å². The number of fused-ring (bicyclic) bond motifs is 1. The van der Waals surface area contributed by atoms with Crippen molar-refractivity contribution >= 4 is 16.8 Å². The van der Waals surface area contributed by atoms with E-state index < -0.39 is 6.10 Å². The van der Waals surface area contributed by atoms with E-state index in [-0.39, 0.29) is 18.5 Å². The Balaban J connectivity index is 1.37. The van der Waals surface area contributed by atoms with Crippen LogP contribution in [0.15, 0.2) is 36.7 Å². The van der Waals surface area contributed by atoms with Crippen LogP contribution in [0.3, 0.4) is 0 Å². The van der Waals surface area contributed by atoms with Gasteiger partial charge in [-0.3, -0.25) is 9.48 Å². The Bertz CT molecular complexity index is 907. The van der Waals surface area contributed by atoms with E-state index in [1.165, 1.54) is 0 Å². The molecule has 0 spiro atoms. The van der Waals surface area contributed by atoms with Gasteiger partial charge in [-0.25, -0.2) is 4.68 Å². The Labute approximate surface area is 151 Å². The summed E-state index contributed by atoms with van der Waals surface area (Å²) in [5.74, 6) is 0.0839. The average molecular weight is 354 g/mol. The molecule has 26 heavy (non-hydrogen) atoms. The lowest BCUT2D eigenvalue weighted by Gasteiger charge is -2.31. The average Bonchev–Trinajstić information content (AvgIpc) is 3.30. The number of para-hydroxylation sites is 1. The Hall–Kier alpha value is -2.74. The van der Waals surface area contributed by atoms with Crippen LogP contribution in [0, 0.1) is 0 Å². The van der Waals surface area contributed by atoms with E-state index in [4.69, 9.17) is 0 Å². The number of aliphatic hydroxyl groups is 1. The number of carbonyl (C=O) groups excluding carboxylic acids is 1. The molecule has 8 heteroatoms. The van der Waals surface area contributed by atoms with Gasteiger partial charge >= 0.3 is 0 Å². The molecular weight excluding hydrogens is 332 g/mol. The van der Waals surface area contributed by atoms with Gasteiger partial charge in [0.1, 0.15) is 12.2 Å². The molecule has 1 aromatic carbocycles. The molecule has 0 saturated carbocycles. The predicted molar refractivity (Wildman–Crippen MR) is 95.2 cm³/mol. The normalized spacial score (nSPS) is 16.9. The number of hydrogen-bond donors (Lipinski definition) is 1. The van der Waals surface area contributed by atoms with Gasteiger partial charge in [-0.1, -0.05) is 23.4 Å². The van der Waals surface area contributed by atoms with Gasteiger partial charge < -0.3 is 10.0 Å². The van der Waals surface area contributed by atoms with Crippen LogP contribution < -0.4 is 0 Å². The minimum absolute atomic E-state index is 0.0839. The number of likely N-dealkylation sites (tertiary alicyclic amines) is 1. The van der Waals surface area contributed by atoms with Crippen molar-refractivity contribution < 1.29 is 9.90 Å². The van der Waals surface area contributed by atoms with E-state index in [2.05, 4.69) is 15.4 Å². The lowest BCUT2D eigenvalue weighted by Crippen LogP contribution is -2.41. The summed E-state index contributed by atoms with van der Waals surface area (Å²) >= 11 is 0. The Morgan fingerprint density at radius 1 is 1.31 bits per heavy atom. The molecule has 2 aromatic heterocycles. The van der Waals surface area contributed by atoms with E-state index in [0.717, 1.165) is 23.7 Å². The van der Waals surface area contributed by atoms with Gasteiger partial charge in [-0.15, -0.1) is 5.10 Å². The van der Waals surface area contributed by atoms with Gasteiger partial charge in [0.15, 0.2) is 0 Å². The van der Waals surface area contributed by atoms with Crippen LogP contribution in [0.2, 0.25) is 0 Å². The van der Waals surface area contributed by atoms with Crippen molar-refractivity contribution in [2.75, 3.05) is 13.1 Å². The smallest absolute Gasteiger partial charge is 0.244 e. The molecule has 0 aliphatic carbocycles. The standard InChI is InChI=1S/C18H22N6O2/c1-13(25)16-11-23(21-20-16)15-6-8-22(9-7-15)18(26)12-24-17-5-3-2-4-14(17)10-19-24/h2-5,10-11,13,15,25H,6-9,12H2,1H3/t13-/m0/s1. The molecular formula is C18H22N6O2. The zero-order chi connectivity index (χ0) is 18.1. The van der Waals surface area contributed by atoms with Crippen LogP contribution in [0.25, 0.3) is 10.9 Å². The summed E-state index contributed by atoms with van der Waals surface area (Å²) in [6, 6.07) is 8.11. The molecule has 1 N–H and O–H groups in total. The highest BCUT2D eigenvalue weighted by Gasteiger charge is 2.25. The first kappa shape index (κ1) is 16.7. The summed E-state index contributed by atoms with van der Waals surface area (Å²) in [5.41, 5.74) is 1.55. The topological polar surface area (TPSA) is 89.1 Å². The minimum atomic E-state index is -0.616. The second-order valence-electron chi connectivity index (χ2n) is 6.77. The van der Waals surface area contributed by atoms with Gasteiger partial charge in [-0.2, -0.15) is 5.10 Å². The molecule has 0 radical (unpaired) electrons. The minimum Gasteiger partial charge on any atom is -0.387 e. The van der Waals surface area contributed by atoms with Crippen molar-refractivity contribution in [2.45, 2.75) is 38.5 Å². The van der Waals surface area contributed by atoms with Crippen LogP contribution in [-0.4, -0.2) is 53.8 Å². The second kappa shape index (κ2) is 6.87. The van der Waals surface area contributed by atoms with Gasteiger partial charge in [0.2, 0.25) is 5.91 Å². The number of hydrogen-bond acceptors (Lipinski definition) is 5. The van der Waals surface area contributed by atoms with E-state index in [1.807, 2.05) is 33.8 Å². The molecule has 1 amide bonds. The van der Waals surface area contributed by atoms with Crippen LogP contribution in [0.5, 0.6) is 0 Å². The lowest BCUT2D eigenvalue weighted by molar-refractivity contribution is -0.133. The van der Waals surface area contributed by atoms with Crippen LogP contribution >= 0.6 is 0 Å². The van der Waals surface area contributed by atoms with Crippen molar-refractivity contribution in [3.05, 3.63) is 42.4 Å². The number of piperidine rings is 1. The lowest BCUT2D eigenvalue weighted by atomic mass is 10.1. The third-order valence-corrected chi connectivity index (χ3v) is 4.98. The molecule has 136 valence electrons. The highest BCUT2D eigenvalue weighted by atomic mass is 16.3. The third-order valence-electron chi connectivity index (χ3n) is 4.98. The molecule has 3 heterocycles. The van der Waals surface area contributed by atoms with E-state index >= 15 is 0 Å². The van der Waals surface area contributed by atoms with Crippen LogP contribution in [-0.2, 0) is 11.3 Å². The number of rotatable bonds is 4. The number of benzene rings is 1. The maximum Gasteiger partial charge on any atom is 0.244 e. The molecule has 4 rings (SSSR count). The number of carbonyl (C=O) groups is 1. The summed E-state index contributed by atoms with van der Waals surface area (Å²) in [6.45, 7) is 3.31. The van der Waals surface area contributed by atoms with Crippen LogP contribution in [0.1, 0.15) is 37.6 Å². The number of nitrogens with zero attached hydrogens (tertiary/aromatic N) is 6. The van der Waals surface area contributed by atoms with E-state index in [1.54, 1.807) is 24.0 Å². The first-order chi connectivity index (χ1) is 12.6. The summed E-state index contributed by atoms with van der Waals surface area (Å²) in [7, 11) is 0. The molecule has 1 aliphatic heterocycles. The zero-order valence-electron chi connectivity index (χ0n) is 14.7. The van der Waals surface area contributed by atoms with Crippen molar-refractivity contribution in [2.24, 2.45) is 0 Å². The van der Waals surface area contributed by atoms with E-state index in [0.29, 0.717) is 18.8 Å². The first-order valence-electron chi connectivity index (χ1n) is 8.90. The highest BCUT2D eigenvalue weighted by molar-refractivity contribution is 5.82. The van der Waals surface area contributed by atoms with Crippen molar-refractivity contribution in [3.63, 3.8) is 0 Å². The number of aliphatic hydroxyl groups excluding tert-OH is 1. The summed E-state index contributed by atoms with van der Waals surface area (Å²) in [4.78, 5) is 14.5. The number of aromatic nitrogens is 5. The monoisotopic (exact) mass is 354 g/mol. The number of amides is 1. The molecule has 3 aromatic rings. The second-order valence-corrected chi connectivity index (χ2v) is 6.77. The molecule has 1 fully saturated rings. The zero-order valence-corrected chi connectivity index (χ0v) is 14.7. The molecule has 1 atom stereocenters. The molecule has 0 bridgehead atoms. The van der Waals surface area contributed by atoms with Gasteiger partial charge in [-0.05, 0) is 25.8 Å². The molecule has 0 unspecified atom stereocenters. The summed E-state index contributed by atoms with van der Waals surface area (Å²) in [6.07, 6.45) is 4.62. The van der Waals surface area contributed by atoms with Gasteiger partial charge in [0, 0.05) is 18.5 Å². The summed E-state index contributed by atoms with van der Waals surface area (Å²) in [5, 5.41) is 23.1. The Morgan fingerprint density at radius 3 is 2.81 bits per heavy atom. The Kier molecular flexibility index (Phi) is 4.42. The fourth-order valence-corrected chi connectivity index (χ4v) is 3.42. The fraction of sp³-hybridized carbons (Fsp3) is 0.444. The third kappa shape index (κ3) is 3.20. The molecule has 8 nitrogen and oxygen atoms in total. The maximum absolute atomic E-state index is 12.6. The fourth-order valence-electron chi connectivity index (χ4n) is 3.42. The summed E-state index contributed by atoms with van der Waals surface area (Å²) < 4.78 is 3.57. The largest absolute Gasteiger partial charge is 0.387 e. The first-order valence-corrected chi connectivity index (χ1v) is 8.90. The SMILES string of the molecule is C[C@H](O)c1cn(C2CCN(C(=O)Cn3ncc4ccccc43)CC2)nn1. The maximum atomic E-state index is 12.6. The van der Waals surface area contributed by atoms with Crippen molar-refractivity contribution in [3.8, 4) is 0 Å². The Morgan fingerprint density at radius 2 is 2.08 bits per heavy atom. The van der Waals surface area contributed by atoms with E-state index in [9.17, 15) is 9.90 Å². The van der Waals surface area contributed by atoms with Crippen LogP contribution in [0.4, 0.5) is 0 Å². The molecule has 1 saturated heterocycles. The molecule has 1 aliphatic rings. The van der Waals surface area contributed by atoms with Gasteiger partial charge in [0.25, 0.3) is 0 Å². The highest BCUT2D eigenvalue weighted by Crippen LogP contribution is 2.23.